The third-order valence-corrected chi connectivity index (χ3v) is 4.88. The molecule has 0 aliphatic heterocycles. The van der Waals surface area contributed by atoms with E-state index in [1.165, 1.54) is 0 Å². The summed E-state index contributed by atoms with van der Waals surface area (Å²) in [7, 11) is 0. The molecule has 0 amide bonds. The summed E-state index contributed by atoms with van der Waals surface area (Å²) in [6.45, 7) is 2.17. The zero-order valence-electron chi connectivity index (χ0n) is 11.0. The summed E-state index contributed by atoms with van der Waals surface area (Å²) in [5, 5.41) is 12.4. The Morgan fingerprint density at radius 3 is 3.00 bits per heavy atom. The number of hydrogen-bond donors (Lipinski definition) is 1. The first-order valence-corrected chi connectivity index (χ1v) is 7.61. The van der Waals surface area contributed by atoms with Gasteiger partial charge < -0.3 is 5.11 Å². The molecule has 19 heavy (non-hydrogen) atoms. The fraction of sp³-hybridized carbons (Fsp3) is 0.571. The van der Waals surface area contributed by atoms with Crippen molar-refractivity contribution in [2.45, 2.75) is 44.6 Å². The van der Waals surface area contributed by atoms with Crippen molar-refractivity contribution in [1.29, 1.82) is 0 Å². The molecule has 3 rings (SSSR count). The van der Waals surface area contributed by atoms with E-state index in [-0.39, 0.29) is 12.2 Å². The molecule has 102 valence electrons. The highest BCUT2D eigenvalue weighted by Crippen LogP contribution is 2.33. The largest absolute Gasteiger partial charge is 0.382 e. The van der Waals surface area contributed by atoms with Crippen LogP contribution in [0, 0.1) is 5.92 Å². The third kappa shape index (κ3) is 2.44. The molecule has 0 aromatic carbocycles. The molecule has 0 radical (unpaired) electrons. The molecule has 5 heteroatoms. The number of ketones is 1. The van der Waals surface area contributed by atoms with Gasteiger partial charge in [-0.3, -0.25) is 9.20 Å². The predicted octanol–water partition coefficient (Wildman–Crippen LogP) is 2.45. The van der Waals surface area contributed by atoms with Gasteiger partial charge in [-0.25, -0.2) is 4.98 Å². The van der Waals surface area contributed by atoms with Gasteiger partial charge >= 0.3 is 0 Å². The summed E-state index contributed by atoms with van der Waals surface area (Å²) >= 11 is 1.55. The molecule has 1 N–H and O–H groups in total. The van der Waals surface area contributed by atoms with Gasteiger partial charge in [-0.05, 0) is 31.6 Å². The predicted molar refractivity (Wildman–Crippen MR) is 74.4 cm³/mol. The molecule has 0 saturated heterocycles. The monoisotopic (exact) mass is 278 g/mol. The smallest absolute Gasteiger partial charge is 0.193 e. The first-order valence-electron chi connectivity index (χ1n) is 6.73. The number of rotatable bonds is 3. The van der Waals surface area contributed by atoms with E-state index in [4.69, 9.17) is 0 Å². The van der Waals surface area contributed by atoms with Gasteiger partial charge in [0, 0.05) is 17.8 Å². The zero-order valence-corrected chi connectivity index (χ0v) is 11.8. The SMILES string of the molecule is CC1CCC(O)(C(=O)Cc2cn3ccsc3n2)CC1. The quantitative estimate of drug-likeness (QED) is 0.938. The van der Waals surface area contributed by atoms with Crippen LogP contribution in [0.3, 0.4) is 0 Å². The highest BCUT2D eigenvalue weighted by atomic mass is 32.1. The maximum absolute atomic E-state index is 12.3. The average Bonchev–Trinajstić information content (AvgIpc) is 2.94. The van der Waals surface area contributed by atoms with Crippen LogP contribution < -0.4 is 0 Å². The first-order chi connectivity index (χ1) is 9.07. The van der Waals surface area contributed by atoms with E-state index in [0.717, 1.165) is 23.5 Å². The Bertz CT molecular complexity index is 565. The van der Waals surface area contributed by atoms with E-state index in [2.05, 4.69) is 11.9 Å². The molecule has 2 heterocycles. The van der Waals surface area contributed by atoms with Crippen molar-refractivity contribution in [1.82, 2.24) is 9.38 Å². The molecular formula is C14H18N2O2S. The Kier molecular flexibility index (Phi) is 3.19. The molecule has 0 atom stereocenters. The Morgan fingerprint density at radius 2 is 2.32 bits per heavy atom. The van der Waals surface area contributed by atoms with Crippen molar-refractivity contribution >= 4 is 22.1 Å². The molecule has 0 unspecified atom stereocenters. The number of hydrogen-bond acceptors (Lipinski definition) is 4. The Balaban J connectivity index is 1.72. The van der Waals surface area contributed by atoms with E-state index < -0.39 is 5.60 Å². The Labute approximate surface area is 116 Å². The lowest BCUT2D eigenvalue weighted by Crippen LogP contribution is -2.42. The van der Waals surface area contributed by atoms with E-state index in [1.807, 2.05) is 22.2 Å². The minimum absolute atomic E-state index is 0.0786. The number of imidazole rings is 1. The van der Waals surface area contributed by atoms with Crippen LogP contribution in [0.1, 0.15) is 38.3 Å². The third-order valence-electron chi connectivity index (χ3n) is 4.11. The maximum Gasteiger partial charge on any atom is 0.193 e. The van der Waals surface area contributed by atoms with Gasteiger partial charge in [0.15, 0.2) is 10.7 Å². The van der Waals surface area contributed by atoms with Gasteiger partial charge in [0.1, 0.15) is 5.60 Å². The standard InChI is InChI=1S/C14H18N2O2S/c1-10-2-4-14(18,5-3-10)12(17)8-11-9-16-6-7-19-13(16)15-11/h6-7,9-10,18H,2-5,8H2,1H3. The molecule has 1 aliphatic rings. The first kappa shape index (κ1) is 12.8. The van der Waals surface area contributed by atoms with Crippen LogP contribution in [-0.2, 0) is 11.2 Å². The second-order valence-corrected chi connectivity index (χ2v) is 6.51. The minimum Gasteiger partial charge on any atom is -0.382 e. The Hall–Kier alpha value is -1.20. The summed E-state index contributed by atoms with van der Waals surface area (Å²) in [5.74, 6) is 0.538. The van der Waals surface area contributed by atoms with Gasteiger partial charge in [0.25, 0.3) is 0 Å². The molecular weight excluding hydrogens is 260 g/mol. The summed E-state index contributed by atoms with van der Waals surface area (Å²) in [6, 6.07) is 0. The zero-order chi connectivity index (χ0) is 13.5. The fourth-order valence-corrected chi connectivity index (χ4v) is 3.43. The van der Waals surface area contributed by atoms with Crippen LogP contribution in [0.15, 0.2) is 17.8 Å². The Morgan fingerprint density at radius 1 is 1.58 bits per heavy atom. The molecule has 1 fully saturated rings. The highest BCUT2D eigenvalue weighted by molar-refractivity contribution is 7.15. The van der Waals surface area contributed by atoms with Crippen molar-refractivity contribution in [3.63, 3.8) is 0 Å². The molecule has 0 spiro atoms. The number of aromatic nitrogens is 2. The fourth-order valence-electron chi connectivity index (χ4n) is 2.71. The minimum atomic E-state index is -1.12. The molecule has 2 aromatic rings. The lowest BCUT2D eigenvalue weighted by Gasteiger charge is -2.33. The van der Waals surface area contributed by atoms with E-state index in [0.29, 0.717) is 18.8 Å². The number of aliphatic hydroxyl groups is 1. The summed E-state index contributed by atoms with van der Waals surface area (Å²) < 4.78 is 1.92. The molecule has 0 bridgehead atoms. The number of fused-ring (bicyclic) bond motifs is 1. The number of thiazole rings is 1. The lowest BCUT2D eigenvalue weighted by atomic mass is 9.76. The number of carbonyl (C=O) groups excluding carboxylic acids is 1. The van der Waals surface area contributed by atoms with Crippen molar-refractivity contribution in [2.24, 2.45) is 5.92 Å². The van der Waals surface area contributed by atoms with Crippen LogP contribution in [0.25, 0.3) is 4.96 Å². The highest BCUT2D eigenvalue weighted by Gasteiger charge is 2.38. The van der Waals surface area contributed by atoms with Crippen LogP contribution in [0.4, 0.5) is 0 Å². The van der Waals surface area contributed by atoms with Crippen molar-refractivity contribution in [3.05, 3.63) is 23.5 Å². The van der Waals surface area contributed by atoms with E-state index >= 15 is 0 Å². The lowest BCUT2D eigenvalue weighted by molar-refractivity contribution is -0.140. The van der Waals surface area contributed by atoms with Gasteiger partial charge in [-0.15, -0.1) is 11.3 Å². The van der Waals surface area contributed by atoms with Crippen LogP contribution >= 0.6 is 11.3 Å². The number of Topliss-reactive ketones (excluding diaryl/α,β-unsaturated/α-hetero) is 1. The van der Waals surface area contributed by atoms with Crippen LogP contribution in [-0.4, -0.2) is 25.9 Å². The normalized spacial score (nSPS) is 27.8. The molecule has 1 saturated carbocycles. The molecule has 2 aromatic heterocycles. The topological polar surface area (TPSA) is 54.6 Å². The van der Waals surface area contributed by atoms with Gasteiger partial charge in [-0.2, -0.15) is 0 Å². The van der Waals surface area contributed by atoms with Gasteiger partial charge in [0.2, 0.25) is 0 Å². The van der Waals surface area contributed by atoms with Crippen molar-refractivity contribution in [2.75, 3.05) is 0 Å². The second kappa shape index (κ2) is 4.72. The second-order valence-electron chi connectivity index (χ2n) is 5.64. The maximum atomic E-state index is 12.3. The van der Waals surface area contributed by atoms with E-state index in [1.54, 1.807) is 11.3 Å². The van der Waals surface area contributed by atoms with Crippen molar-refractivity contribution in [3.8, 4) is 0 Å². The van der Waals surface area contributed by atoms with Crippen LogP contribution in [0.2, 0.25) is 0 Å². The molecule has 4 nitrogen and oxygen atoms in total. The summed E-state index contributed by atoms with van der Waals surface area (Å²) in [6.07, 6.45) is 7.08. The summed E-state index contributed by atoms with van der Waals surface area (Å²) in [5.41, 5.74) is -0.368. The van der Waals surface area contributed by atoms with Gasteiger partial charge in [0.05, 0.1) is 12.1 Å². The van der Waals surface area contributed by atoms with E-state index in [9.17, 15) is 9.90 Å². The number of carbonyl (C=O) groups is 1. The van der Waals surface area contributed by atoms with Gasteiger partial charge in [-0.1, -0.05) is 6.92 Å². The molecule has 1 aliphatic carbocycles. The average molecular weight is 278 g/mol. The van der Waals surface area contributed by atoms with Crippen molar-refractivity contribution < 1.29 is 9.90 Å². The van der Waals surface area contributed by atoms with Crippen LogP contribution in [0.5, 0.6) is 0 Å². The summed E-state index contributed by atoms with van der Waals surface area (Å²) in [4.78, 5) is 17.6. The number of nitrogens with zero attached hydrogens (tertiary/aromatic N) is 2.